The summed E-state index contributed by atoms with van der Waals surface area (Å²) in [4.78, 5) is 86.1. The number of nitrogens with zero attached hydrogens (tertiary/aromatic N) is 9. The van der Waals surface area contributed by atoms with Gasteiger partial charge >= 0.3 is 11.3 Å². The van der Waals surface area contributed by atoms with Gasteiger partial charge in [0.15, 0.2) is 21.8 Å². The second-order valence-electron chi connectivity index (χ2n) is 28.0. The molecule has 0 radical (unpaired) electrons. The van der Waals surface area contributed by atoms with E-state index in [9.17, 15) is 28.4 Å². The highest BCUT2D eigenvalue weighted by molar-refractivity contribution is 6.66. The zero-order chi connectivity index (χ0) is 82.1. The average molecular weight is 1690 g/mol. The van der Waals surface area contributed by atoms with Gasteiger partial charge in [-0.05, 0) is 278 Å². The molecule has 0 aliphatic carbocycles. The van der Waals surface area contributed by atoms with Crippen molar-refractivity contribution in [1.82, 2.24) is 19.9 Å². The van der Waals surface area contributed by atoms with Crippen LogP contribution in [0.5, 0.6) is 0 Å². The number of nitrogens with one attached hydrogen (secondary N) is 2. The molecular weight excluding hydrogens is 1600 g/mol. The van der Waals surface area contributed by atoms with Crippen molar-refractivity contribution in [3.05, 3.63) is 237 Å². The lowest BCUT2D eigenvalue weighted by atomic mass is 9.94. The average Bonchev–Trinajstić information content (AvgIpc) is 0.815. The maximum Gasteiger partial charge on any atom is 0.320 e. The first-order valence-corrected chi connectivity index (χ1v) is 38.7. The van der Waals surface area contributed by atoms with Gasteiger partial charge in [-0.15, -0.1) is 0 Å². The highest BCUT2D eigenvalue weighted by atomic mass is 35.5. The van der Waals surface area contributed by atoms with Crippen LogP contribution in [0.25, 0.3) is 0 Å². The molecule has 0 bridgehead atoms. The van der Waals surface area contributed by atoms with Gasteiger partial charge in [0, 0.05) is 131 Å². The number of aromatic nitrogens is 4. The van der Waals surface area contributed by atoms with Gasteiger partial charge in [-0.2, -0.15) is 0 Å². The first-order chi connectivity index (χ1) is 52.2. The third-order valence-electron chi connectivity index (χ3n) is 16.9. The van der Waals surface area contributed by atoms with Crippen molar-refractivity contribution in [3.63, 3.8) is 0 Å². The number of benzene rings is 7. The fourth-order valence-electron chi connectivity index (χ4n) is 11.8. The van der Waals surface area contributed by atoms with Gasteiger partial charge < -0.3 is 51.3 Å². The van der Waals surface area contributed by atoms with Crippen LogP contribution in [0.4, 0.5) is 60.8 Å². The number of amides is 4. The number of ether oxygens (including phenoxy) is 1. The summed E-state index contributed by atoms with van der Waals surface area (Å²) in [5.74, 6) is 0.586. The lowest BCUT2D eigenvalue weighted by molar-refractivity contribution is -0.154. The summed E-state index contributed by atoms with van der Waals surface area (Å²) < 4.78 is 18.5. The Morgan fingerprint density at radius 2 is 0.964 bits per heavy atom. The number of esters is 1. The normalized spacial score (nSPS) is 13.6. The number of primary amides is 1. The van der Waals surface area contributed by atoms with E-state index in [0.29, 0.717) is 67.5 Å². The molecule has 2 aliphatic rings. The number of nitrogen functional groups attached to an aromatic ring is 1. The van der Waals surface area contributed by atoms with Crippen molar-refractivity contribution in [1.29, 1.82) is 0 Å². The van der Waals surface area contributed by atoms with Gasteiger partial charge in [0.2, 0.25) is 11.8 Å². The summed E-state index contributed by atoms with van der Waals surface area (Å²) >= 11 is 52.6. The summed E-state index contributed by atoms with van der Waals surface area (Å²) in [5.41, 5.74) is 22.3. The van der Waals surface area contributed by atoms with E-state index in [2.05, 4.69) is 40.4 Å². The summed E-state index contributed by atoms with van der Waals surface area (Å²) in [7, 11) is 7.03. The van der Waals surface area contributed by atoms with E-state index in [1.807, 2.05) is 154 Å². The number of rotatable bonds is 15. The molecule has 19 nitrogen and oxygen atoms in total. The SMILES string of the molecule is CNc1cc(C)cc(Cl)c1.Cc1cc(Cl)cc(CC(=O)OC(C)(C)C)c1.Cc1cc(Cl)cc(N(C)C(=O)C[C@@H]2CCCN(c3cnc(C(N)=O)c(Nc4ccc(F)cc4)n3)C2)c1.Cc1cc(Cl)cc(N(C)C(=O)C[C@@H]2CCCN(c3cnc(Cl)c(Cl)n3)C2)c1.Cc1cc(Cl)cc(N(C)C(=O)Cl)c1.Cc1cc(N)cc(Cl)c1. The molecule has 7 aromatic carbocycles. The number of hydrogen-bond acceptors (Lipinski definition) is 15. The van der Waals surface area contributed by atoms with Crippen LogP contribution < -0.4 is 46.6 Å². The minimum Gasteiger partial charge on any atom is -0.460 e. The Bertz CT molecular complexity index is 4540. The van der Waals surface area contributed by atoms with Gasteiger partial charge in [0.25, 0.3) is 5.91 Å². The molecule has 6 N–H and O–H groups in total. The monoisotopic (exact) mass is 1690 g/mol. The third kappa shape index (κ3) is 31.6. The molecule has 29 heteroatoms. The fraction of sp³-hybridized carbons (Fsp3) is 0.329. The van der Waals surface area contributed by atoms with Crippen LogP contribution in [0.1, 0.15) is 109 Å². The maximum absolute atomic E-state index is 13.3. The largest absolute Gasteiger partial charge is 0.460 e. The Kier molecular flexibility index (Phi) is 35.9. The van der Waals surface area contributed by atoms with Crippen molar-refractivity contribution in [3.8, 4) is 0 Å². The van der Waals surface area contributed by atoms with Gasteiger partial charge in [-0.3, -0.25) is 24.0 Å². The molecule has 2 fully saturated rings. The molecule has 0 unspecified atom stereocenters. The van der Waals surface area contributed by atoms with Crippen LogP contribution in [-0.4, -0.2) is 109 Å². The van der Waals surface area contributed by atoms with Crippen molar-refractivity contribution < 1.29 is 33.1 Å². The van der Waals surface area contributed by atoms with E-state index < -0.39 is 16.9 Å². The standard InChI is InChI=1S/C26H28ClFN6O2.C19H21Cl3N4O.C13H17ClO2.C9H9Cl2NO.C8H10ClN.C7H8ClN/c1-16-10-18(27)13-21(11-16)33(2)23(35)12-17-4-3-9-34(15-17)22-14-30-24(25(29)36)26(32-22)31-20-7-5-19(28)6-8-20;1-12-6-14(20)9-15(7-12)25(2)17(27)8-13-4-3-5-26(11-13)16-10-23-18(21)19(22)24-16;1-9-5-10(7-11(14)6-9)8-12(15)16-13(2,3)4;1-6-3-7(10)5-8(4-6)12(2)9(11)13;1-6-3-7(9)5-8(4-6)10-2;1-5-2-6(8)4-7(9)3-5/h5-8,10-11,13-14,17H,3-4,9,12,15H2,1-2H3,(H2,29,36)(H,31,32);6-7,9-10,13H,3-5,8,11H2,1-2H3;5-7H,8H2,1-4H3;3-5H,1-2H3;3-5,10H,1-2H3;2-4H,9H2,1H3/t17-;13-;;;;/m00..../s1. The maximum atomic E-state index is 13.3. The second-order valence-corrected chi connectivity index (χ2v) is 31.6. The van der Waals surface area contributed by atoms with E-state index >= 15 is 0 Å². The van der Waals surface area contributed by atoms with E-state index in [-0.39, 0.29) is 63.7 Å². The van der Waals surface area contributed by atoms with Crippen LogP contribution in [0, 0.1) is 59.2 Å². The molecule has 0 saturated carbocycles. The van der Waals surface area contributed by atoms with Crippen molar-refractivity contribution in [2.45, 2.75) is 113 Å². The van der Waals surface area contributed by atoms with Crippen molar-refractivity contribution >= 4 is 185 Å². The quantitative estimate of drug-likeness (QED) is 0.0323. The number of carbonyl (C=O) groups excluding carboxylic acids is 5. The number of piperidine rings is 2. The van der Waals surface area contributed by atoms with Gasteiger partial charge in [-0.1, -0.05) is 98.9 Å². The van der Waals surface area contributed by atoms with Gasteiger partial charge in [0.1, 0.15) is 23.1 Å². The Morgan fingerprint density at radius 3 is 1.38 bits per heavy atom. The number of anilines is 9. The number of carbonyl (C=O) groups is 5. The first kappa shape index (κ1) is 91.5. The molecular formula is C82H93Cl9FN13O6. The van der Waals surface area contributed by atoms with Crippen LogP contribution in [-0.2, 0) is 25.5 Å². The predicted octanol–water partition coefficient (Wildman–Crippen LogP) is 21.6. The molecule has 4 heterocycles. The lowest BCUT2D eigenvalue weighted by Crippen LogP contribution is -2.39. The smallest absolute Gasteiger partial charge is 0.320 e. The Hall–Kier alpha value is -8.41. The molecule has 11 rings (SSSR count). The molecule has 111 heavy (non-hydrogen) atoms. The minimum absolute atomic E-state index is 0.00903. The summed E-state index contributed by atoms with van der Waals surface area (Å²) in [6.07, 6.45) is 8.04. The number of aryl methyl sites for hydroxylation is 6. The van der Waals surface area contributed by atoms with Crippen LogP contribution in [0.15, 0.2) is 146 Å². The highest BCUT2D eigenvalue weighted by Gasteiger charge is 2.29. The van der Waals surface area contributed by atoms with E-state index in [4.69, 9.17) is 121 Å². The summed E-state index contributed by atoms with van der Waals surface area (Å²) in [5, 5.41) is 9.86. The van der Waals surface area contributed by atoms with E-state index in [1.165, 1.54) is 40.9 Å². The zero-order valence-electron chi connectivity index (χ0n) is 64.2. The predicted molar refractivity (Wildman–Crippen MR) is 459 cm³/mol. The van der Waals surface area contributed by atoms with Crippen molar-refractivity contribution in [2.75, 3.05) is 95.2 Å². The molecule has 9 aromatic rings. The van der Waals surface area contributed by atoms with Crippen LogP contribution in [0.3, 0.4) is 0 Å². The molecule has 2 aromatic heterocycles. The fourth-order valence-corrected chi connectivity index (χ4v) is 13.9. The van der Waals surface area contributed by atoms with Crippen molar-refractivity contribution in [2.24, 2.45) is 17.6 Å². The summed E-state index contributed by atoms with van der Waals surface area (Å²) in [6, 6.07) is 39.2. The lowest BCUT2D eigenvalue weighted by Gasteiger charge is -2.34. The van der Waals surface area contributed by atoms with E-state index in [1.54, 1.807) is 61.4 Å². The molecule has 2 saturated heterocycles. The van der Waals surface area contributed by atoms with Gasteiger partial charge in [0.05, 0.1) is 18.8 Å². The molecule has 592 valence electrons. The molecule has 2 aliphatic heterocycles. The third-order valence-corrected chi connectivity index (χ3v) is 19.1. The number of hydrogen-bond donors (Lipinski definition) is 4. The minimum atomic E-state index is -0.722. The number of nitrogens with two attached hydrogens (primary N) is 2. The van der Waals surface area contributed by atoms with E-state index in [0.717, 1.165) is 106 Å². The highest BCUT2D eigenvalue weighted by Crippen LogP contribution is 2.32. The Morgan fingerprint density at radius 1 is 0.541 bits per heavy atom. The molecule has 2 atom stereocenters. The van der Waals surface area contributed by atoms with Gasteiger partial charge in [-0.25, -0.2) is 24.3 Å². The second kappa shape index (κ2) is 43.6. The molecule has 0 spiro atoms. The topological polar surface area (TPSA) is 238 Å². The molecule has 4 amide bonds. The van der Waals surface area contributed by atoms with Crippen LogP contribution in [0.2, 0.25) is 40.4 Å². The van der Waals surface area contributed by atoms with Crippen LogP contribution >= 0.6 is 104 Å². The Labute approximate surface area is 695 Å². The number of halogens is 10. The Balaban J connectivity index is 0.000000224. The summed E-state index contributed by atoms with van der Waals surface area (Å²) in [6.45, 7) is 20.3. The zero-order valence-corrected chi connectivity index (χ0v) is 71.0. The first-order valence-electron chi connectivity index (χ1n) is 35.3.